The SMILES string of the molecule is O=C(c1cnccn1)N1CC[C@@H]2OCCC[C@@]2(COCC2CC2)C1. The van der Waals surface area contributed by atoms with E-state index in [0.29, 0.717) is 25.4 Å². The molecule has 0 bridgehead atoms. The van der Waals surface area contributed by atoms with Crippen LogP contribution < -0.4 is 0 Å². The summed E-state index contributed by atoms with van der Waals surface area (Å²) in [6, 6.07) is 0. The van der Waals surface area contributed by atoms with Crippen LogP contribution in [0.25, 0.3) is 0 Å². The summed E-state index contributed by atoms with van der Waals surface area (Å²) in [5.74, 6) is 0.721. The molecule has 3 aliphatic rings. The van der Waals surface area contributed by atoms with Crippen molar-refractivity contribution in [3.8, 4) is 0 Å². The van der Waals surface area contributed by atoms with Crippen LogP contribution in [-0.2, 0) is 9.47 Å². The maximum absolute atomic E-state index is 12.8. The highest BCUT2D eigenvalue weighted by molar-refractivity contribution is 5.92. The fourth-order valence-electron chi connectivity index (χ4n) is 3.96. The molecular formula is C18H25N3O3. The van der Waals surface area contributed by atoms with Gasteiger partial charge < -0.3 is 14.4 Å². The molecule has 1 aliphatic carbocycles. The van der Waals surface area contributed by atoms with Crippen LogP contribution in [0.1, 0.15) is 42.6 Å². The number of carbonyl (C=O) groups excluding carboxylic acids is 1. The van der Waals surface area contributed by atoms with Gasteiger partial charge in [-0.15, -0.1) is 0 Å². The lowest BCUT2D eigenvalue weighted by atomic mass is 9.73. The number of carbonyl (C=O) groups is 1. The van der Waals surface area contributed by atoms with Gasteiger partial charge in [0.2, 0.25) is 0 Å². The second-order valence-electron chi connectivity index (χ2n) is 7.39. The zero-order chi connectivity index (χ0) is 16.4. The van der Waals surface area contributed by atoms with Crippen LogP contribution in [0.4, 0.5) is 0 Å². The summed E-state index contributed by atoms with van der Waals surface area (Å²) in [6.45, 7) is 3.78. The quantitative estimate of drug-likeness (QED) is 0.825. The van der Waals surface area contributed by atoms with Crippen molar-refractivity contribution < 1.29 is 14.3 Å². The predicted octanol–water partition coefficient (Wildman–Crippen LogP) is 1.91. The number of piperidine rings is 1. The largest absolute Gasteiger partial charge is 0.380 e. The Hall–Kier alpha value is -1.53. The number of fused-ring (bicyclic) bond motifs is 1. The molecular weight excluding hydrogens is 306 g/mol. The van der Waals surface area contributed by atoms with Crippen molar-refractivity contribution in [2.45, 2.75) is 38.2 Å². The number of rotatable bonds is 5. The Morgan fingerprint density at radius 3 is 3.08 bits per heavy atom. The number of likely N-dealkylation sites (tertiary alicyclic amines) is 1. The molecule has 2 saturated heterocycles. The molecule has 24 heavy (non-hydrogen) atoms. The van der Waals surface area contributed by atoms with Crippen molar-refractivity contribution in [3.05, 3.63) is 24.3 Å². The van der Waals surface area contributed by atoms with Crippen LogP contribution >= 0.6 is 0 Å². The normalized spacial score (nSPS) is 30.0. The fraction of sp³-hybridized carbons (Fsp3) is 0.722. The van der Waals surface area contributed by atoms with E-state index >= 15 is 0 Å². The molecule has 3 heterocycles. The van der Waals surface area contributed by atoms with E-state index in [2.05, 4.69) is 9.97 Å². The maximum atomic E-state index is 12.8. The summed E-state index contributed by atoms with van der Waals surface area (Å²) in [6.07, 6.45) is 10.5. The first-order chi connectivity index (χ1) is 11.8. The number of hydrogen-bond donors (Lipinski definition) is 0. The summed E-state index contributed by atoms with van der Waals surface area (Å²) in [7, 11) is 0. The minimum absolute atomic E-state index is 0.0336. The Labute approximate surface area is 142 Å². The van der Waals surface area contributed by atoms with Crippen molar-refractivity contribution >= 4 is 5.91 Å². The molecule has 1 amide bonds. The van der Waals surface area contributed by atoms with Crippen LogP contribution in [0, 0.1) is 11.3 Å². The average Bonchev–Trinajstić information content (AvgIpc) is 3.45. The molecule has 0 unspecified atom stereocenters. The van der Waals surface area contributed by atoms with Gasteiger partial charge in [-0.2, -0.15) is 0 Å². The molecule has 3 fully saturated rings. The van der Waals surface area contributed by atoms with Crippen molar-refractivity contribution in [1.82, 2.24) is 14.9 Å². The molecule has 130 valence electrons. The van der Waals surface area contributed by atoms with E-state index in [1.807, 2.05) is 4.90 Å². The zero-order valence-corrected chi connectivity index (χ0v) is 14.0. The molecule has 2 atom stereocenters. The lowest BCUT2D eigenvalue weighted by molar-refractivity contribution is -0.147. The second kappa shape index (κ2) is 6.76. The molecule has 2 aliphatic heterocycles. The van der Waals surface area contributed by atoms with Crippen molar-refractivity contribution in [3.63, 3.8) is 0 Å². The minimum atomic E-state index is -0.0662. The van der Waals surface area contributed by atoms with E-state index in [1.54, 1.807) is 18.6 Å². The van der Waals surface area contributed by atoms with Gasteiger partial charge in [-0.25, -0.2) is 4.98 Å². The zero-order valence-electron chi connectivity index (χ0n) is 14.0. The van der Waals surface area contributed by atoms with E-state index in [1.165, 1.54) is 12.8 Å². The Morgan fingerprint density at radius 2 is 2.29 bits per heavy atom. The highest BCUT2D eigenvalue weighted by Gasteiger charge is 2.47. The molecule has 0 spiro atoms. The Balaban J connectivity index is 1.46. The van der Waals surface area contributed by atoms with E-state index in [9.17, 15) is 4.79 Å². The summed E-state index contributed by atoms with van der Waals surface area (Å²) < 4.78 is 12.1. The molecule has 1 aromatic heterocycles. The lowest BCUT2D eigenvalue weighted by Crippen LogP contribution is -2.58. The van der Waals surface area contributed by atoms with Crippen molar-refractivity contribution in [2.75, 3.05) is 32.9 Å². The highest BCUT2D eigenvalue weighted by Crippen LogP contribution is 2.41. The summed E-state index contributed by atoms with van der Waals surface area (Å²) >= 11 is 0. The third-order valence-corrected chi connectivity index (χ3v) is 5.50. The topological polar surface area (TPSA) is 64.6 Å². The first kappa shape index (κ1) is 16.0. The van der Waals surface area contributed by atoms with Gasteiger partial charge in [-0.1, -0.05) is 0 Å². The third-order valence-electron chi connectivity index (χ3n) is 5.50. The van der Waals surface area contributed by atoms with Crippen LogP contribution in [0.15, 0.2) is 18.6 Å². The van der Waals surface area contributed by atoms with E-state index in [-0.39, 0.29) is 17.4 Å². The molecule has 1 saturated carbocycles. The number of nitrogens with zero attached hydrogens (tertiary/aromatic N) is 3. The Morgan fingerprint density at radius 1 is 1.38 bits per heavy atom. The Bertz CT molecular complexity index is 578. The molecule has 0 N–H and O–H groups in total. The van der Waals surface area contributed by atoms with Gasteiger partial charge in [-0.05, 0) is 38.0 Å². The number of hydrogen-bond acceptors (Lipinski definition) is 5. The molecule has 6 heteroatoms. The average molecular weight is 331 g/mol. The third kappa shape index (κ3) is 3.30. The van der Waals surface area contributed by atoms with E-state index < -0.39 is 0 Å². The van der Waals surface area contributed by atoms with Crippen LogP contribution in [0.2, 0.25) is 0 Å². The first-order valence-electron chi connectivity index (χ1n) is 9.01. The van der Waals surface area contributed by atoms with Gasteiger partial charge in [0.05, 0.1) is 18.9 Å². The van der Waals surface area contributed by atoms with Gasteiger partial charge in [0.15, 0.2) is 0 Å². The van der Waals surface area contributed by atoms with Crippen molar-refractivity contribution in [1.29, 1.82) is 0 Å². The number of ether oxygens (including phenoxy) is 2. The first-order valence-corrected chi connectivity index (χ1v) is 9.01. The lowest BCUT2D eigenvalue weighted by Gasteiger charge is -2.50. The number of aromatic nitrogens is 2. The maximum Gasteiger partial charge on any atom is 0.274 e. The van der Waals surface area contributed by atoms with Crippen LogP contribution in [0.3, 0.4) is 0 Å². The summed E-state index contributed by atoms with van der Waals surface area (Å²) in [5, 5.41) is 0. The van der Waals surface area contributed by atoms with Crippen molar-refractivity contribution in [2.24, 2.45) is 11.3 Å². The van der Waals surface area contributed by atoms with Crippen LogP contribution in [0.5, 0.6) is 0 Å². The smallest absolute Gasteiger partial charge is 0.274 e. The minimum Gasteiger partial charge on any atom is -0.380 e. The molecule has 0 aromatic carbocycles. The summed E-state index contributed by atoms with van der Waals surface area (Å²) in [4.78, 5) is 22.8. The standard InChI is InChI=1S/C18H25N3O3/c22-17(15-10-19-6-7-20-15)21-8-4-16-18(12-21,5-1-9-24-16)13-23-11-14-2-3-14/h6-7,10,14,16H,1-5,8-9,11-13H2/t16-,18-/m0/s1. The van der Waals surface area contributed by atoms with E-state index in [0.717, 1.165) is 38.4 Å². The van der Waals surface area contributed by atoms with E-state index in [4.69, 9.17) is 9.47 Å². The molecule has 1 aromatic rings. The molecule has 0 radical (unpaired) electrons. The number of amides is 1. The Kier molecular flexibility index (Phi) is 4.50. The van der Waals surface area contributed by atoms with Gasteiger partial charge in [0.25, 0.3) is 5.91 Å². The predicted molar refractivity (Wildman–Crippen MR) is 87.5 cm³/mol. The van der Waals surface area contributed by atoms with Gasteiger partial charge in [0.1, 0.15) is 5.69 Å². The molecule has 6 nitrogen and oxygen atoms in total. The second-order valence-corrected chi connectivity index (χ2v) is 7.39. The van der Waals surface area contributed by atoms with Gasteiger partial charge in [0, 0.05) is 44.1 Å². The monoisotopic (exact) mass is 331 g/mol. The summed E-state index contributed by atoms with van der Waals surface area (Å²) in [5.41, 5.74) is 0.352. The van der Waals surface area contributed by atoms with Crippen LogP contribution in [-0.4, -0.2) is 59.8 Å². The molecule has 4 rings (SSSR count). The van der Waals surface area contributed by atoms with Gasteiger partial charge in [-0.3, -0.25) is 9.78 Å². The fourth-order valence-corrected chi connectivity index (χ4v) is 3.96. The highest BCUT2D eigenvalue weighted by atomic mass is 16.5. The van der Waals surface area contributed by atoms with Gasteiger partial charge >= 0.3 is 0 Å².